The molecule has 3 rings (SSSR count). The molecule has 2 heterocycles. The molecule has 1 saturated heterocycles. The van der Waals surface area contributed by atoms with E-state index >= 15 is 0 Å². The Morgan fingerprint density at radius 3 is 2.18 bits per heavy atom. The first kappa shape index (κ1) is 15.0. The summed E-state index contributed by atoms with van der Waals surface area (Å²) in [5.74, 6) is 0. The van der Waals surface area contributed by atoms with Crippen LogP contribution in [0.4, 0.5) is 5.69 Å². The van der Waals surface area contributed by atoms with Gasteiger partial charge >= 0.3 is 0 Å². The molecule has 4 nitrogen and oxygen atoms in total. The van der Waals surface area contributed by atoms with Gasteiger partial charge in [0.05, 0.1) is 6.61 Å². The van der Waals surface area contributed by atoms with E-state index in [-0.39, 0.29) is 0 Å². The van der Waals surface area contributed by atoms with Crippen LogP contribution in [0.3, 0.4) is 0 Å². The molecule has 1 aliphatic rings. The third-order valence-corrected chi connectivity index (χ3v) is 4.14. The minimum Gasteiger partial charge on any atom is -0.380 e. The predicted octanol–water partition coefficient (Wildman–Crippen LogP) is 2.55. The van der Waals surface area contributed by atoms with Crippen molar-refractivity contribution >= 4 is 5.69 Å². The Kier molecular flexibility index (Phi) is 5.03. The fraction of sp³-hybridized carbons (Fsp3) is 0.389. The van der Waals surface area contributed by atoms with Crippen LogP contribution in [0.15, 0.2) is 48.8 Å². The topological polar surface area (TPSA) is 28.6 Å². The van der Waals surface area contributed by atoms with Crippen LogP contribution >= 0.6 is 0 Å². The molecule has 0 spiro atoms. The van der Waals surface area contributed by atoms with Gasteiger partial charge in [-0.3, -0.25) is 9.88 Å². The summed E-state index contributed by atoms with van der Waals surface area (Å²) in [5, 5.41) is 0. The van der Waals surface area contributed by atoms with Crippen molar-refractivity contribution in [2.24, 2.45) is 0 Å². The standard InChI is InChI=1S/C18H23N3O/c1-22-15-17-4-2-16(3-5-17)14-20-10-12-21(13-11-20)18-6-8-19-9-7-18/h2-9H,10-15H2,1H3. The highest BCUT2D eigenvalue weighted by atomic mass is 16.5. The molecule has 4 heteroatoms. The molecule has 116 valence electrons. The van der Waals surface area contributed by atoms with Gasteiger partial charge in [0.15, 0.2) is 0 Å². The van der Waals surface area contributed by atoms with Gasteiger partial charge in [-0.25, -0.2) is 0 Å². The summed E-state index contributed by atoms with van der Waals surface area (Å²) in [5.41, 5.74) is 3.88. The number of aromatic nitrogens is 1. The maximum atomic E-state index is 5.15. The van der Waals surface area contributed by atoms with E-state index in [1.165, 1.54) is 16.8 Å². The number of methoxy groups -OCH3 is 1. The van der Waals surface area contributed by atoms with Gasteiger partial charge in [-0.05, 0) is 23.3 Å². The van der Waals surface area contributed by atoms with Gasteiger partial charge < -0.3 is 9.64 Å². The minimum atomic E-state index is 0.685. The van der Waals surface area contributed by atoms with Crippen LogP contribution in [-0.2, 0) is 17.9 Å². The zero-order chi connectivity index (χ0) is 15.2. The summed E-state index contributed by atoms with van der Waals surface area (Å²) in [4.78, 5) is 9.03. The number of nitrogens with zero attached hydrogens (tertiary/aromatic N) is 3. The van der Waals surface area contributed by atoms with Crippen LogP contribution in [0.5, 0.6) is 0 Å². The molecule has 0 bridgehead atoms. The number of hydrogen-bond donors (Lipinski definition) is 0. The molecule has 0 atom stereocenters. The van der Waals surface area contributed by atoms with Crippen molar-refractivity contribution < 1.29 is 4.74 Å². The summed E-state index contributed by atoms with van der Waals surface area (Å²) < 4.78 is 5.15. The van der Waals surface area contributed by atoms with Crippen LogP contribution in [0, 0.1) is 0 Å². The Hall–Kier alpha value is -1.91. The summed E-state index contributed by atoms with van der Waals surface area (Å²) in [6.07, 6.45) is 3.73. The Morgan fingerprint density at radius 2 is 1.55 bits per heavy atom. The third-order valence-electron chi connectivity index (χ3n) is 4.14. The molecular weight excluding hydrogens is 274 g/mol. The fourth-order valence-corrected chi connectivity index (χ4v) is 2.88. The third kappa shape index (κ3) is 3.84. The van der Waals surface area contributed by atoms with Crippen molar-refractivity contribution in [3.63, 3.8) is 0 Å². The van der Waals surface area contributed by atoms with E-state index in [0.29, 0.717) is 6.61 Å². The van der Waals surface area contributed by atoms with Gasteiger partial charge in [0.1, 0.15) is 0 Å². The van der Waals surface area contributed by atoms with E-state index in [1.54, 1.807) is 7.11 Å². The van der Waals surface area contributed by atoms with E-state index < -0.39 is 0 Å². The molecule has 22 heavy (non-hydrogen) atoms. The predicted molar refractivity (Wildman–Crippen MR) is 88.9 cm³/mol. The number of pyridine rings is 1. The van der Waals surface area contributed by atoms with Crippen molar-refractivity contribution in [3.8, 4) is 0 Å². The van der Waals surface area contributed by atoms with E-state index in [9.17, 15) is 0 Å². The minimum absolute atomic E-state index is 0.685. The first-order valence-electron chi connectivity index (χ1n) is 7.79. The number of piperazine rings is 1. The number of rotatable bonds is 5. The number of ether oxygens (including phenoxy) is 1. The van der Waals surface area contributed by atoms with Gasteiger partial charge in [0.25, 0.3) is 0 Å². The van der Waals surface area contributed by atoms with Crippen molar-refractivity contribution in [2.45, 2.75) is 13.2 Å². The average molecular weight is 297 g/mol. The molecule has 0 saturated carbocycles. The summed E-state index contributed by atoms with van der Waals surface area (Å²) in [6.45, 7) is 6.06. The normalized spacial score (nSPS) is 16.0. The smallest absolute Gasteiger partial charge is 0.0713 e. The van der Waals surface area contributed by atoms with Gasteiger partial charge in [0.2, 0.25) is 0 Å². The number of hydrogen-bond acceptors (Lipinski definition) is 4. The van der Waals surface area contributed by atoms with E-state index in [0.717, 1.165) is 32.7 Å². The largest absolute Gasteiger partial charge is 0.380 e. The molecule has 1 fully saturated rings. The van der Waals surface area contributed by atoms with Crippen molar-refractivity contribution in [3.05, 3.63) is 59.9 Å². The zero-order valence-corrected chi connectivity index (χ0v) is 13.1. The highest BCUT2D eigenvalue weighted by Gasteiger charge is 2.17. The lowest BCUT2D eigenvalue weighted by atomic mass is 10.1. The van der Waals surface area contributed by atoms with Crippen LogP contribution in [0.2, 0.25) is 0 Å². The van der Waals surface area contributed by atoms with Crippen molar-refractivity contribution in [2.75, 3.05) is 38.2 Å². The molecule has 0 N–H and O–H groups in total. The first-order valence-corrected chi connectivity index (χ1v) is 7.79. The van der Waals surface area contributed by atoms with Gasteiger partial charge in [0, 0.05) is 57.9 Å². The molecule has 1 aromatic carbocycles. The van der Waals surface area contributed by atoms with E-state index in [2.05, 4.69) is 51.2 Å². The summed E-state index contributed by atoms with van der Waals surface area (Å²) in [6, 6.07) is 12.9. The maximum Gasteiger partial charge on any atom is 0.0713 e. The first-order chi connectivity index (χ1) is 10.8. The lowest BCUT2D eigenvalue weighted by Crippen LogP contribution is -2.45. The average Bonchev–Trinajstić information content (AvgIpc) is 2.58. The fourth-order valence-electron chi connectivity index (χ4n) is 2.88. The van der Waals surface area contributed by atoms with Crippen LogP contribution in [-0.4, -0.2) is 43.2 Å². The van der Waals surface area contributed by atoms with Gasteiger partial charge in [-0.15, -0.1) is 0 Å². The second-order valence-corrected chi connectivity index (χ2v) is 5.72. The Labute approximate surface area is 132 Å². The second-order valence-electron chi connectivity index (χ2n) is 5.72. The number of anilines is 1. The van der Waals surface area contributed by atoms with Crippen molar-refractivity contribution in [1.29, 1.82) is 0 Å². The van der Waals surface area contributed by atoms with Crippen LogP contribution < -0.4 is 4.90 Å². The SMILES string of the molecule is COCc1ccc(CN2CCN(c3ccncc3)CC2)cc1. The highest BCUT2D eigenvalue weighted by Crippen LogP contribution is 2.16. The van der Waals surface area contributed by atoms with Crippen molar-refractivity contribution in [1.82, 2.24) is 9.88 Å². The van der Waals surface area contributed by atoms with E-state index in [1.807, 2.05) is 12.4 Å². The van der Waals surface area contributed by atoms with Gasteiger partial charge in [-0.2, -0.15) is 0 Å². The Morgan fingerprint density at radius 1 is 0.909 bits per heavy atom. The van der Waals surface area contributed by atoms with Gasteiger partial charge in [-0.1, -0.05) is 24.3 Å². The lowest BCUT2D eigenvalue weighted by molar-refractivity contribution is 0.185. The Bertz CT molecular complexity index is 563. The molecule has 0 aliphatic carbocycles. The van der Waals surface area contributed by atoms with Crippen LogP contribution in [0.25, 0.3) is 0 Å². The molecule has 1 aliphatic heterocycles. The summed E-state index contributed by atoms with van der Waals surface area (Å²) >= 11 is 0. The summed E-state index contributed by atoms with van der Waals surface area (Å²) in [7, 11) is 1.73. The second kappa shape index (κ2) is 7.38. The highest BCUT2D eigenvalue weighted by molar-refractivity contribution is 5.45. The maximum absolute atomic E-state index is 5.15. The van der Waals surface area contributed by atoms with E-state index in [4.69, 9.17) is 4.74 Å². The molecule has 0 radical (unpaired) electrons. The molecule has 0 unspecified atom stereocenters. The molecular formula is C18H23N3O. The molecule has 2 aromatic rings. The molecule has 0 amide bonds. The Balaban J connectivity index is 1.51. The zero-order valence-electron chi connectivity index (χ0n) is 13.1. The quantitative estimate of drug-likeness (QED) is 0.848. The number of benzene rings is 1. The monoisotopic (exact) mass is 297 g/mol. The molecule has 1 aromatic heterocycles. The lowest BCUT2D eigenvalue weighted by Gasteiger charge is -2.36. The van der Waals surface area contributed by atoms with Crippen LogP contribution in [0.1, 0.15) is 11.1 Å².